The molecule has 2 aliphatic heterocycles. The summed E-state index contributed by atoms with van der Waals surface area (Å²) < 4.78 is 0. The Balaban J connectivity index is 2.06. The van der Waals surface area contributed by atoms with Gasteiger partial charge in [0.25, 0.3) is 0 Å². The van der Waals surface area contributed by atoms with Gasteiger partial charge in [0.15, 0.2) is 0 Å². The van der Waals surface area contributed by atoms with Crippen LogP contribution in [-0.4, -0.2) is 143 Å². The minimum Gasteiger partial charge on any atom is -0.370 e. The van der Waals surface area contributed by atoms with Crippen LogP contribution in [0.4, 0.5) is 0 Å². The number of primary amides is 3. The van der Waals surface area contributed by atoms with Crippen LogP contribution in [0, 0.1) is 11.8 Å². The lowest BCUT2D eigenvalue weighted by Crippen LogP contribution is -2.61. The second-order valence-electron chi connectivity index (χ2n) is 17.9. The molecule has 9 atom stereocenters. The summed E-state index contributed by atoms with van der Waals surface area (Å²) in [6.07, 6.45) is 0.298. The zero-order valence-electron chi connectivity index (χ0n) is 40.3. The first kappa shape index (κ1) is 58.4. The molecule has 11 amide bonds. The van der Waals surface area contributed by atoms with Gasteiger partial charge in [-0.2, -0.15) is 0 Å². The lowest BCUT2D eigenvalue weighted by Gasteiger charge is -2.31. The van der Waals surface area contributed by atoms with Crippen LogP contribution in [0.15, 0.2) is 24.3 Å². The molecule has 0 spiro atoms. The predicted octanol–water partition coefficient (Wildman–Crippen LogP) is -2.75. The third-order valence-corrected chi connectivity index (χ3v) is 14.2. The van der Waals surface area contributed by atoms with Crippen molar-refractivity contribution in [3.8, 4) is 0 Å². The number of carbonyl (C=O) groups excluding carboxylic acids is 11. The first-order valence-corrected chi connectivity index (χ1v) is 25.9. The zero-order chi connectivity index (χ0) is 52.2. The lowest BCUT2D eigenvalue weighted by atomic mass is 9.96. The van der Waals surface area contributed by atoms with Crippen molar-refractivity contribution in [3.05, 3.63) is 35.4 Å². The highest BCUT2D eigenvalue weighted by Crippen LogP contribution is 2.26. The molecule has 2 heterocycles. The van der Waals surface area contributed by atoms with E-state index in [9.17, 15) is 52.7 Å². The molecular weight excluding hydrogens is 949 g/mol. The van der Waals surface area contributed by atoms with E-state index in [1.807, 2.05) is 45.0 Å². The van der Waals surface area contributed by atoms with Crippen molar-refractivity contribution in [3.63, 3.8) is 0 Å². The van der Waals surface area contributed by atoms with Gasteiger partial charge in [0.1, 0.15) is 42.3 Å². The van der Waals surface area contributed by atoms with Gasteiger partial charge in [0.05, 0.1) is 19.0 Å². The lowest BCUT2D eigenvalue weighted by molar-refractivity contribution is -0.142. The van der Waals surface area contributed by atoms with E-state index < -0.39 is 139 Å². The molecule has 0 aromatic heterocycles. The van der Waals surface area contributed by atoms with Crippen molar-refractivity contribution in [2.75, 3.05) is 24.6 Å². The van der Waals surface area contributed by atoms with Gasteiger partial charge < -0.3 is 65.1 Å². The van der Waals surface area contributed by atoms with Crippen molar-refractivity contribution < 1.29 is 52.7 Å². The Morgan fingerprint density at radius 3 is 1.94 bits per heavy atom. The van der Waals surface area contributed by atoms with E-state index in [0.717, 1.165) is 33.6 Å². The van der Waals surface area contributed by atoms with Crippen LogP contribution in [-0.2, 0) is 65.6 Å². The molecule has 0 bridgehead atoms. The summed E-state index contributed by atoms with van der Waals surface area (Å²) in [4.78, 5) is 148. The molecule has 2 fully saturated rings. The highest BCUT2D eigenvalue weighted by atomic mass is 33.1. The quantitative estimate of drug-likeness (QED) is 0.0665. The maximum absolute atomic E-state index is 14.5. The highest BCUT2D eigenvalue weighted by Gasteiger charge is 2.41. The number of aryl methyl sites for hydroxylation is 1. The van der Waals surface area contributed by atoms with Gasteiger partial charge in [0, 0.05) is 30.9 Å². The first-order chi connectivity index (χ1) is 33.0. The van der Waals surface area contributed by atoms with E-state index in [-0.39, 0.29) is 49.7 Å². The maximum atomic E-state index is 14.5. The normalized spacial score (nSPS) is 24.1. The number of likely N-dealkylation sites (tertiary alicyclic amines) is 1. The molecule has 70 heavy (non-hydrogen) atoms. The molecule has 25 heteroatoms. The number of nitrogens with one attached hydrogen (secondary N) is 7. The number of amides is 11. The minimum atomic E-state index is -1.74. The molecule has 388 valence electrons. The fourth-order valence-corrected chi connectivity index (χ4v) is 9.90. The summed E-state index contributed by atoms with van der Waals surface area (Å²) in [6, 6.07) is -3.25. The Labute approximate surface area is 415 Å². The second kappa shape index (κ2) is 28.6. The average molecular weight is 1020 g/mol. The van der Waals surface area contributed by atoms with Gasteiger partial charge in [-0.1, -0.05) is 86.9 Å². The van der Waals surface area contributed by atoms with Crippen molar-refractivity contribution in [1.29, 1.82) is 0 Å². The van der Waals surface area contributed by atoms with Crippen LogP contribution >= 0.6 is 21.6 Å². The van der Waals surface area contributed by atoms with E-state index >= 15 is 0 Å². The Bertz CT molecular complexity index is 2060. The van der Waals surface area contributed by atoms with E-state index in [2.05, 4.69) is 37.2 Å². The summed E-state index contributed by atoms with van der Waals surface area (Å²) in [7, 11) is 2.10. The number of benzene rings is 1. The average Bonchev–Trinajstić information content (AvgIpc) is 3.80. The fraction of sp³-hybridized carbons (Fsp3) is 0.622. The molecule has 9 unspecified atom stereocenters. The zero-order valence-corrected chi connectivity index (χ0v) is 42.0. The Hall–Kier alpha value is -5.95. The number of nitrogens with two attached hydrogens (primary N) is 4. The van der Waals surface area contributed by atoms with E-state index in [1.54, 1.807) is 13.8 Å². The molecule has 2 aliphatic rings. The molecule has 15 N–H and O–H groups in total. The van der Waals surface area contributed by atoms with Gasteiger partial charge >= 0.3 is 0 Å². The van der Waals surface area contributed by atoms with Gasteiger partial charge in [-0.3, -0.25) is 52.7 Å². The highest BCUT2D eigenvalue weighted by molar-refractivity contribution is 8.76. The molecular formula is C45H70N12O11S2. The monoisotopic (exact) mass is 1020 g/mol. The van der Waals surface area contributed by atoms with Crippen molar-refractivity contribution in [2.24, 2.45) is 34.8 Å². The van der Waals surface area contributed by atoms with Crippen molar-refractivity contribution in [1.82, 2.24) is 42.1 Å². The van der Waals surface area contributed by atoms with Gasteiger partial charge in [0.2, 0.25) is 65.0 Å². The minimum absolute atomic E-state index is 0.00972. The van der Waals surface area contributed by atoms with Crippen LogP contribution in [0.1, 0.15) is 90.7 Å². The van der Waals surface area contributed by atoms with Gasteiger partial charge in [-0.05, 0) is 55.1 Å². The Morgan fingerprint density at radius 1 is 0.743 bits per heavy atom. The number of hydrogen-bond acceptors (Lipinski definition) is 14. The number of nitrogens with zero attached hydrogens (tertiary/aromatic N) is 1. The Kier molecular flexibility index (Phi) is 23.9. The van der Waals surface area contributed by atoms with Crippen LogP contribution in [0.5, 0.6) is 0 Å². The molecule has 0 radical (unpaired) electrons. The molecule has 1 aromatic carbocycles. The molecule has 23 nitrogen and oxygen atoms in total. The van der Waals surface area contributed by atoms with Crippen molar-refractivity contribution >= 4 is 86.6 Å². The molecule has 0 saturated carbocycles. The molecule has 3 rings (SSSR count). The second-order valence-corrected chi connectivity index (χ2v) is 20.5. The number of rotatable bonds is 18. The van der Waals surface area contributed by atoms with Gasteiger partial charge in [-0.25, -0.2) is 0 Å². The van der Waals surface area contributed by atoms with Crippen LogP contribution in [0.25, 0.3) is 0 Å². The summed E-state index contributed by atoms with van der Waals surface area (Å²) >= 11 is 0. The van der Waals surface area contributed by atoms with E-state index in [1.165, 1.54) is 4.90 Å². The summed E-state index contributed by atoms with van der Waals surface area (Å²) in [5.74, 6) is -9.99. The topological polar surface area (TPSA) is 379 Å². The largest absolute Gasteiger partial charge is 0.370 e. The standard InChI is InChI=1S/C45H70N12O11S2/c1-6-24(5)37-44(67)51-28(14-15-34(47)58)40(63)53-31(19-35(48)59)41(64)55-32(45(68)57-16-8-9-33(57)43(66)54-29(17-23(3)4)39(62)50-20-36(49)60)22-70-69-21-27(46)38(61)52-30(42(65)56-37)18-26-12-10-25(7-2)11-13-26/h10-13,23-24,27-33,37H,6-9,14-22,46H2,1-5H3,(H2,47,58)(H2,48,59)(H2,49,60)(H,50,62)(H,51,67)(H,52,61)(H,53,63)(H,54,66)(H,55,64)(H,56,65). The van der Waals surface area contributed by atoms with Crippen molar-refractivity contribution in [2.45, 2.75) is 141 Å². The predicted molar refractivity (Wildman–Crippen MR) is 262 cm³/mol. The summed E-state index contributed by atoms with van der Waals surface area (Å²) in [6.45, 7) is 8.68. The van der Waals surface area contributed by atoms with E-state index in [0.29, 0.717) is 18.4 Å². The SMILES string of the molecule is CCc1ccc(CC2NC(=O)C(N)CSSCC(C(=O)N3CCCC3C(=O)NC(CC(C)C)C(=O)NCC(N)=O)NC(=O)C(CC(N)=O)NC(=O)C(CCC(N)=O)NC(=O)C(C(C)CC)NC2=O)cc1. The fourth-order valence-electron chi connectivity index (χ4n) is 7.62. The number of hydrogen-bond donors (Lipinski definition) is 11. The Morgan fingerprint density at radius 2 is 1.34 bits per heavy atom. The van der Waals surface area contributed by atoms with Crippen LogP contribution in [0.2, 0.25) is 0 Å². The molecule has 2 saturated heterocycles. The van der Waals surface area contributed by atoms with Crippen LogP contribution < -0.4 is 60.2 Å². The summed E-state index contributed by atoms with van der Waals surface area (Å²) in [5, 5.41) is 18.1. The van der Waals surface area contributed by atoms with E-state index in [4.69, 9.17) is 22.9 Å². The van der Waals surface area contributed by atoms with Crippen LogP contribution in [0.3, 0.4) is 0 Å². The molecule has 1 aromatic rings. The third kappa shape index (κ3) is 18.8. The van der Waals surface area contributed by atoms with Gasteiger partial charge in [-0.15, -0.1) is 0 Å². The number of carbonyl (C=O) groups is 11. The third-order valence-electron chi connectivity index (χ3n) is 11.8. The maximum Gasteiger partial charge on any atom is 0.246 e. The summed E-state index contributed by atoms with van der Waals surface area (Å²) in [5.41, 5.74) is 24.2. The smallest absolute Gasteiger partial charge is 0.246 e. The first-order valence-electron chi connectivity index (χ1n) is 23.4. The molecule has 0 aliphatic carbocycles.